The lowest BCUT2D eigenvalue weighted by Gasteiger charge is -2.56. The molecule has 0 bridgehead atoms. The van der Waals surface area contributed by atoms with E-state index in [0.717, 1.165) is 37.6 Å². The van der Waals surface area contributed by atoms with Crippen LogP contribution in [0.2, 0.25) is 0 Å². The number of esters is 1. The number of nitrogens with zero attached hydrogens (tertiary/aromatic N) is 6. The predicted octanol–water partition coefficient (Wildman–Crippen LogP) is 2.64. The molecule has 0 N–H and O–H groups in total. The zero-order valence-electron chi connectivity index (χ0n) is 18.7. The van der Waals surface area contributed by atoms with Crippen molar-refractivity contribution < 1.29 is 14.3 Å². The highest BCUT2D eigenvalue weighted by molar-refractivity contribution is 5.87. The Bertz CT molecular complexity index is 1190. The minimum absolute atomic E-state index is 0.203. The van der Waals surface area contributed by atoms with Crippen molar-refractivity contribution in [3.63, 3.8) is 0 Å². The van der Waals surface area contributed by atoms with E-state index >= 15 is 0 Å². The van der Waals surface area contributed by atoms with Gasteiger partial charge in [-0.25, -0.2) is 14.5 Å². The average Bonchev–Trinajstić information content (AvgIpc) is 3.25. The first-order valence-electron chi connectivity index (χ1n) is 11.2. The molecule has 3 fully saturated rings. The molecular weight excluding hydrogens is 408 g/mol. The summed E-state index contributed by atoms with van der Waals surface area (Å²) in [4.78, 5) is 19.6. The smallest absolute Gasteiger partial charge is 0.361 e. The Morgan fingerprint density at radius 2 is 2.00 bits per heavy atom. The van der Waals surface area contributed by atoms with Crippen molar-refractivity contribution >= 4 is 17.3 Å². The predicted molar refractivity (Wildman–Crippen MR) is 117 cm³/mol. The van der Waals surface area contributed by atoms with Crippen molar-refractivity contribution in [2.24, 2.45) is 5.41 Å². The molecule has 168 valence electrons. The summed E-state index contributed by atoms with van der Waals surface area (Å²) in [7, 11) is 0. The Labute approximate surface area is 186 Å². The van der Waals surface area contributed by atoms with Gasteiger partial charge in [-0.3, -0.25) is 0 Å². The Morgan fingerprint density at radius 1 is 1.22 bits per heavy atom. The first-order chi connectivity index (χ1) is 15.3. The zero-order valence-corrected chi connectivity index (χ0v) is 18.7. The fourth-order valence-corrected chi connectivity index (χ4v) is 4.57. The molecule has 1 saturated carbocycles. The molecule has 0 aromatic carbocycles. The highest BCUT2D eigenvalue weighted by atomic mass is 16.6. The maximum Gasteiger partial charge on any atom is 0.361 e. The molecule has 6 rings (SSSR count). The molecule has 0 atom stereocenters. The van der Waals surface area contributed by atoms with Crippen LogP contribution in [0, 0.1) is 5.41 Å². The van der Waals surface area contributed by atoms with Crippen LogP contribution in [0.4, 0.5) is 5.69 Å². The minimum Gasteiger partial charge on any atom is -0.455 e. The summed E-state index contributed by atoms with van der Waals surface area (Å²) in [5, 5.41) is 8.08. The molecule has 9 nitrogen and oxygen atoms in total. The molecule has 3 aromatic rings. The summed E-state index contributed by atoms with van der Waals surface area (Å²) in [6.07, 6.45) is 8.40. The lowest BCUT2D eigenvalue weighted by Crippen LogP contribution is -2.66. The Morgan fingerprint density at radius 3 is 2.66 bits per heavy atom. The molecule has 9 heteroatoms. The molecule has 1 aliphatic carbocycles. The monoisotopic (exact) mass is 436 g/mol. The van der Waals surface area contributed by atoms with Crippen molar-refractivity contribution in [2.75, 3.05) is 31.2 Å². The molecule has 0 unspecified atom stereocenters. The summed E-state index contributed by atoms with van der Waals surface area (Å²) in [5.74, 6) is 0.194. The van der Waals surface area contributed by atoms with E-state index in [0.29, 0.717) is 17.9 Å². The van der Waals surface area contributed by atoms with Crippen molar-refractivity contribution in [3.8, 4) is 0 Å². The van der Waals surface area contributed by atoms with E-state index in [-0.39, 0.29) is 5.69 Å². The van der Waals surface area contributed by atoms with Crippen LogP contribution in [0.1, 0.15) is 61.3 Å². The topological polar surface area (TPSA) is 86.8 Å². The van der Waals surface area contributed by atoms with Crippen LogP contribution in [0.15, 0.2) is 24.7 Å². The normalized spacial score (nSPS) is 19.8. The highest BCUT2D eigenvalue weighted by Gasteiger charge is 2.49. The van der Waals surface area contributed by atoms with Gasteiger partial charge in [-0.2, -0.15) is 0 Å². The summed E-state index contributed by atoms with van der Waals surface area (Å²) in [6, 6.07) is 2.33. The van der Waals surface area contributed by atoms with E-state index in [9.17, 15) is 4.79 Å². The number of carbonyl (C=O) groups excluding carboxylic acids is 1. The number of rotatable bonds is 5. The Kier molecular flexibility index (Phi) is 4.18. The number of fused-ring (bicyclic) bond motifs is 1. The quantitative estimate of drug-likeness (QED) is 0.568. The minimum atomic E-state index is -0.570. The lowest BCUT2D eigenvalue weighted by molar-refractivity contribution is -0.126. The second-order valence-corrected chi connectivity index (χ2v) is 10.5. The van der Waals surface area contributed by atoms with Crippen molar-refractivity contribution in [3.05, 3.63) is 41.6 Å². The Hall–Kier alpha value is -2.94. The standard InChI is InChI=1S/C23H28N6O3/c1-22(2,3)32-21(30)18-10-29(26-25-18)9-17-8-27-7-16(15-4-5-15)6-19(20(27)24-17)28-11-23(12-28)13-31-14-23/h6-8,10,15H,4-5,9,11-14H2,1-3H3. The molecular formula is C23H28N6O3. The molecule has 3 aromatic heterocycles. The highest BCUT2D eigenvalue weighted by Crippen LogP contribution is 2.45. The van der Waals surface area contributed by atoms with Gasteiger partial charge in [-0.1, -0.05) is 5.21 Å². The van der Waals surface area contributed by atoms with Crippen LogP contribution in [0.5, 0.6) is 0 Å². The molecule has 2 saturated heterocycles. The SMILES string of the molecule is CC(C)(C)OC(=O)c1cn(Cc2cn3cc(C4CC4)cc(N4CC5(COC5)C4)c3n2)nn1. The van der Waals surface area contributed by atoms with Crippen molar-refractivity contribution in [1.82, 2.24) is 24.4 Å². The lowest BCUT2D eigenvalue weighted by atomic mass is 9.78. The number of carbonyl (C=O) groups is 1. The van der Waals surface area contributed by atoms with E-state index in [1.165, 1.54) is 24.1 Å². The second kappa shape index (κ2) is 6.78. The van der Waals surface area contributed by atoms with Crippen LogP contribution in [0.25, 0.3) is 5.65 Å². The number of ether oxygens (including phenoxy) is 2. The van der Waals surface area contributed by atoms with E-state index in [2.05, 4.69) is 38.1 Å². The summed E-state index contributed by atoms with van der Waals surface area (Å²) in [6.45, 7) is 9.73. The third-order valence-electron chi connectivity index (χ3n) is 6.33. The number of hydrogen-bond acceptors (Lipinski definition) is 7. The van der Waals surface area contributed by atoms with Gasteiger partial charge in [0.25, 0.3) is 0 Å². The van der Waals surface area contributed by atoms with E-state index in [1.54, 1.807) is 10.9 Å². The summed E-state index contributed by atoms with van der Waals surface area (Å²) >= 11 is 0. The number of imidazole rings is 1. The van der Waals surface area contributed by atoms with Crippen LogP contribution in [0.3, 0.4) is 0 Å². The van der Waals surface area contributed by atoms with Gasteiger partial charge in [0, 0.05) is 25.5 Å². The van der Waals surface area contributed by atoms with E-state index < -0.39 is 11.6 Å². The molecule has 1 spiro atoms. The fraction of sp³-hybridized carbons (Fsp3) is 0.565. The van der Waals surface area contributed by atoms with Gasteiger partial charge in [-0.15, -0.1) is 5.10 Å². The molecule has 2 aliphatic heterocycles. The Balaban J connectivity index is 1.26. The summed E-state index contributed by atoms with van der Waals surface area (Å²) in [5.41, 5.74) is 4.41. The van der Waals surface area contributed by atoms with Crippen LogP contribution >= 0.6 is 0 Å². The maximum absolute atomic E-state index is 12.2. The van der Waals surface area contributed by atoms with Gasteiger partial charge < -0.3 is 18.8 Å². The van der Waals surface area contributed by atoms with E-state index in [1.807, 2.05) is 20.8 Å². The van der Waals surface area contributed by atoms with Gasteiger partial charge in [0.1, 0.15) is 5.60 Å². The first kappa shape index (κ1) is 19.7. The molecule has 3 aliphatic rings. The largest absolute Gasteiger partial charge is 0.455 e. The second-order valence-electron chi connectivity index (χ2n) is 10.5. The molecule has 0 amide bonds. The van der Waals surface area contributed by atoms with E-state index in [4.69, 9.17) is 14.5 Å². The third-order valence-corrected chi connectivity index (χ3v) is 6.33. The van der Waals surface area contributed by atoms with Crippen molar-refractivity contribution in [2.45, 2.75) is 51.7 Å². The van der Waals surface area contributed by atoms with Crippen LogP contribution in [-0.4, -0.2) is 62.3 Å². The first-order valence-corrected chi connectivity index (χ1v) is 11.2. The molecule has 5 heterocycles. The number of anilines is 1. The van der Waals surface area contributed by atoms with Gasteiger partial charge >= 0.3 is 5.97 Å². The maximum atomic E-state index is 12.2. The third kappa shape index (κ3) is 3.54. The van der Waals surface area contributed by atoms with Gasteiger partial charge in [-0.05, 0) is 51.2 Å². The molecule has 32 heavy (non-hydrogen) atoms. The van der Waals surface area contributed by atoms with Gasteiger partial charge in [0.15, 0.2) is 11.3 Å². The zero-order chi connectivity index (χ0) is 22.1. The fourth-order valence-electron chi connectivity index (χ4n) is 4.57. The van der Waals surface area contributed by atoms with Crippen molar-refractivity contribution in [1.29, 1.82) is 0 Å². The number of pyridine rings is 1. The summed E-state index contributed by atoms with van der Waals surface area (Å²) < 4.78 is 14.6. The molecule has 0 radical (unpaired) electrons. The van der Waals surface area contributed by atoms with Gasteiger partial charge in [0.2, 0.25) is 0 Å². The van der Waals surface area contributed by atoms with Gasteiger partial charge in [0.05, 0.1) is 42.8 Å². The van der Waals surface area contributed by atoms with Crippen LogP contribution < -0.4 is 4.90 Å². The number of aromatic nitrogens is 5. The van der Waals surface area contributed by atoms with Crippen LogP contribution in [-0.2, 0) is 16.0 Å². The average molecular weight is 437 g/mol. The number of hydrogen-bond donors (Lipinski definition) is 0.